The molecule has 3 aromatic heterocycles. The lowest BCUT2D eigenvalue weighted by atomic mass is 9.94. The number of aromatic nitrogens is 5. The van der Waals surface area contributed by atoms with E-state index in [4.69, 9.17) is 24.5 Å². The molecule has 0 atom stereocenters. The van der Waals surface area contributed by atoms with Gasteiger partial charge in [0.25, 0.3) is 0 Å². The van der Waals surface area contributed by atoms with Gasteiger partial charge in [0.2, 0.25) is 5.89 Å². The van der Waals surface area contributed by atoms with Crippen LogP contribution in [-0.2, 0) is 0 Å². The first-order valence-electron chi connectivity index (χ1n) is 15.9. The van der Waals surface area contributed by atoms with E-state index < -0.39 is 0 Å². The number of hydrogen-bond donors (Lipinski definition) is 0. The monoisotopic (exact) mass is 615 g/mol. The Bertz CT molecular complexity index is 2840. The number of oxazole rings is 1. The van der Waals surface area contributed by atoms with Gasteiger partial charge in [-0.2, -0.15) is 0 Å². The summed E-state index contributed by atoms with van der Waals surface area (Å²) in [6.07, 6.45) is 0. The SMILES string of the molecule is c1ccc(-c2nc3ccc4ccc5cc(-c6ccccc6-c6nc7c(-c8ccccc8)nc8ccccc8n7n6)ccc5c4c3o2)cc1. The summed E-state index contributed by atoms with van der Waals surface area (Å²) in [5, 5.41) is 9.50. The third-order valence-electron chi connectivity index (χ3n) is 9.06. The van der Waals surface area contributed by atoms with Crippen LogP contribution in [0.4, 0.5) is 0 Å². The van der Waals surface area contributed by atoms with E-state index in [0.717, 1.165) is 82.8 Å². The minimum atomic E-state index is 0.624. The summed E-state index contributed by atoms with van der Waals surface area (Å²) in [5.41, 5.74) is 10.00. The van der Waals surface area contributed by atoms with E-state index in [-0.39, 0.29) is 0 Å². The van der Waals surface area contributed by atoms with E-state index in [1.54, 1.807) is 0 Å². The Balaban J connectivity index is 1.14. The van der Waals surface area contributed by atoms with Crippen LogP contribution in [0.25, 0.3) is 94.6 Å². The lowest BCUT2D eigenvalue weighted by molar-refractivity contribution is 0.623. The molecule has 6 nitrogen and oxygen atoms in total. The Kier molecular flexibility index (Phi) is 5.77. The Morgan fingerprint density at radius 2 is 1.21 bits per heavy atom. The third kappa shape index (κ3) is 4.13. The fourth-order valence-corrected chi connectivity index (χ4v) is 6.78. The van der Waals surface area contributed by atoms with Gasteiger partial charge in [-0.1, -0.05) is 115 Å². The van der Waals surface area contributed by atoms with Crippen molar-refractivity contribution in [3.63, 3.8) is 0 Å². The molecule has 224 valence electrons. The van der Waals surface area contributed by atoms with E-state index in [0.29, 0.717) is 11.7 Å². The minimum absolute atomic E-state index is 0.624. The second kappa shape index (κ2) is 10.4. The van der Waals surface area contributed by atoms with E-state index >= 15 is 0 Å². The van der Waals surface area contributed by atoms with Crippen LogP contribution in [0.15, 0.2) is 156 Å². The summed E-state index contributed by atoms with van der Waals surface area (Å²) in [4.78, 5) is 15.0. The zero-order valence-electron chi connectivity index (χ0n) is 25.6. The van der Waals surface area contributed by atoms with Crippen molar-refractivity contribution in [1.82, 2.24) is 24.6 Å². The molecule has 0 fully saturated rings. The first kappa shape index (κ1) is 26.5. The van der Waals surface area contributed by atoms with Gasteiger partial charge in [0.15, 0.2) is 17.1 Å². The van der Waals surface area contributed by atoms with Crippen LogP contribution in [0.5, 0.6) is 0 Å². The molecule has 0 aliphatic rings. The summed E-state index contributed by atoms with van der Waals surface area (Å²) < 4.78 is 8.36. The lowest BCUT2D eigenvalue weighted by Gasteiger charge is -2.10. The molecule has 3 heterocycles. The molecule has 0 radical (unpaired) electrons. The van der Waals surface area contributed by atoms with Gasteiger partial charge in [-0.05, 0) is 63.7 Å². The molecule has 0 saturated heterocycles. The summed E-state index contributed by atoms with van der Waals surface area (Å²) in [6.45, 7) is 0. The van der Waals surface area contributed by atoms with Crippen molar-refractivity contribution in [1.29, 1.82) is 0 Å². The number of hydrogen-bond acceptors (Lipinski definition) is 5. The second-order valence-corrected chi connectivity index (χ2v) is 11.9. The molecule has 7 aromatic carbocycles. The summed E-state index contributed by atoms with van der Waals surface area (Å²) in [5.74, 6) is 1.27. The Morgan fingerprint density at radius 3 is 2.06 bits per heavy atom. The average Bonchev–Trinajstić information content (AvgIpc) is 3.81. The van der Waals surface area contributed by atoms with E-state index in [1.165, 1.54) is 0 Å². The van der Waals surface area contributed by atoms with Crippen molar-refractivity contribution in [2.45, 2.75) is 0 Å². The Labute approximate surface area is 274 Å². The molecule has 10 aromatic rings. The lowest BCUT2D eigenvalue weighted by Crippen LogP contribution is -1.97. The van der Waals surface area contributed by atoms with E-state index in [9.17, 15) is 0 Å². The first-order chi connectivity index (χ1) is 23.8. The smallest absolute Gasteiger partial charge is 0.227 e. The van der Waals surface area contributed by atoms with Crippen molar-refractivity contribution in [3.8, 4) is 45.2 Å². The molecule has 0 N–H and O–H groups in total. The molecule has 0 aliphatic heterocycles. The Morgan fingerprint density at radius 1 is 0.500 bits per heavy atom. The van der Waals surface area contributed by atoms with Gasteiger partial charge < -0.3 is 4.42 Å². The van der Waals surface area contributed by atoms with Gasteiger partial charge in [-0.15, -0.1) is 5.10 Å². The van der Waals surface area contributed by atoms with Crippen molar-refractivity contribution < 1.29 is 4.42 Å². The largest absolute Gasteiger partial charge is 0.435 e. The molecular weight excluding hydrogens is 590 g/mol. The van der Waals surface area contributed by atoms with Gasteiger partial charge in [0.05, 0.1) is 11.0 Å². The number of rotatable bonds is 4. The van der Waals surface area contributed by atoms with Gasteiger partial charge in [-0.25, -0.2) is 19.5 Å². The molecule has 6 heteroatoms. The van der Waals surface area contributed by atoms with Crippen molar-refractivity contribution >= 4 is 49.3 Å². The zero-order chi connectivity index (χ0) is 31.6. The molecule has 0 amide bonds. The second-order valence-electron chi connectivity index (χ2n) is 11.9. The predicted octanol–water partition coefficient (Wildman–Crippen LogP) is 10.4. The average molecular weight is 616 g/mol. The Hall–Kier alpha value is -6.66. The van der Waals surface area contributed by atoms with Crippen LogP contribution in [0.3, 0.4) is 0 Å². The van der Waals surface area contributed by atoms with Crippen LogP contribution in [0, 0.1) is 0 Å². The zero-order valence-corrected chi connectivity index (χ0v) is 25.6. The molecule has 0 unspecified atom stereocenters. The standard InChI is InChI=1S/C42H25N5O/c1-3-11-27(12-4-1)38-41-45-40(46-47(41)36-18-10-9-17-34(36)43-38)33-16-8-7-15-31(33)29-21-23-32-30(25-29)20-19-26-22-24-35-39(37(26)32)48-42(44-35)28-13-5-2-6-14-28/h1-25H. The van der Waals surface area contributed by atoms with Gasteiger partial charge in [-0.3, -0.25) is 0 Å². The highest BCUT2D eigenvalue weighted by Crippen LogP contribution is 2.38. The summed E-state index contributed by atoms with van der Waals surface area (Å²) in [7, 11) is 0. The predicted molar refractivity (Wildman–Crippen MR) is 193 cm³/mol. The van der Waals surface area contributed by atoms with Crippen molar-refractivity contribution in [2.24, 2.45) is 0 Å². The summed E-state index contributed by atoms with van der Waals surface area (Å²) >= 11 is 0. The fraction of sp³-hybridized carbons (Fsp3) is 0. The van der Waals surface area contributed by atoms with Crippen LogP contribution in [-0.4, -0.2) is 24.6 Å². The quantitative estimate of drug-likeness (QED) is 0.184. The van der Waals surface area contributed by atoms with Gasteiger partial charge in [0, 0.05) is 22.1 Å². The molecular formula is C42H25N5O. The van der Waals surface area contributed by atoms with Gasteiger partial charge >= 0.3 is 0 Å². The maximum Gasteiger partial charge on any atom is 0.227 e. The summed E-state index contributed by atoms with van der Waals surface area (Å²) in [6, 6.07) is 51.7. The number of fused-ring (bicyclic) bond motifs is 8. The maximum absolute atomic E-state index is 6.43. The van der Waals surface area contributed by atoms with Crippen molar-refractivity contribution in [2.75, 3.05) is 0 Å². The maximum atomic E-state index is 6.43. The number of benzene rings is 7. The van der Waals surface area contributed by atoms with E-state index in [2.05, 4.69) is 66.7 Å². The van der Waals surface area contributed by atoms with Crippen LogP contribution in [0.1, 0.15) is 0 Å². The highest BCUT2D eigenvalue weighted by Gasteiger charge is 2.19. The normalized spacial score (nSPS) is 11.8. The third-order valence-corrected chi connectivity index (χ3v) is 9.06. The number of nitrogens with zero attached hydrogens (tertiary/aromatic N) is 5. The van der Waals surface area contributed by atoms with Crippen LogP contribution >= 0.6 is 0 Å². The molecule has 10 rings (SSSR count). The van der Waals surface area contributed by atoms with Crippen LogP contribution < -0.4 is 0 Å². The molecule has 0 aliphatic carbocycles. The number of para-hydroxylation sites is 2. The molecule has 0 saturated carbocycles. The highest BCUT2D eigenvalue weighted by atomic mass is 16.3. The molecule has 0 bridgehead atoms. The van der Waals surface area contributed by atoms with Gasteiger partial charge in [0.1, 0.15) is 11.2 Å². The topological polar surface area (TPSA) is 69.1 Å². The highest BCUT2D eigenvalue weighted by molar-refractivity contribution is 6.18. The van der Waals surface area contributed by atoms with Crippen LogP contribution in [0.2, 0.25) is 0 Å². The molecule has 0 spiro atoms. The minimum Gasteiger partial charge on any atom is -0.435 e. The van der Waals surface area contributed by atoms with Crippen molar-refractivity contribution in [3.05, 3.63) is 152 Å². The molecule has 48 heavy (non-hydrogen) atoms. The fourth-order valence-electron chi connectivity index (χ4n) is 6.78. The first-order valence-corrected chi connectivity index (χ1v) is 15.9. The van der Waals surface area contributed by atoms with E-state index in [1.807, 2.05) is 89.4 Å².